The summed E-state index contributed by atoms with van der Waals surface area (Å²) >= 11 is 0. The molecule has 1 aromatic heterocycles. The van der Waals surface area contributed by atoms with E-state index < -0.39 is 12.1 Å². The van der Waals surface area contributed by atoms with Gasteiger partial charge in [-0.2, -0.15) is 0 Å². The summed E-state index contributed by atoms with van der Waals surface area (Å²) < 4.78 is 5.11. The van der Waals surface area contributed by atoms with Crippen molar-refractivity contribution in [2.45, 2.75) is 31.8 Å². The van der Waals surface area contributed by atoms with Crippen molar-refractivity contribution in [1.82, 2.24) is 20.5 Å². The largest absolute Gasteiger partial charge is 0.497 e. The summed E-state index contributed by atoms with van der Waals surface area (Å²) in [5.41, 5.74) is 1.91. The Bertz CT molecular complexity index is 855. The molecule has 0 aliphatic carbocycles. The number of pyridine rings is 1. The van der Waals surface area contributed by atoms with E-state index in [4.69, 9.17) is 4.74 Å². The summed E-state index contributed by atoms with van der Waals surface area (Å²) in [6, 6.07) is 9.86. The number of aromatic nitrogens is 1. The number of imide groups is 1. The third-order valence-electron chi connectivity index (χ3n) is 4.75. The summed E-state index contributed by atoms with van der Waals surface area (Å²) in [5.74, 6) is 0.254. The van der Waals surface area contributed by atoms with Gasteiger partial charge in [0.2, 0.25) is 5.91 Å². The van der Waals surface area contributed by atoms with E-state index in [1.807, 2.05) is 24.3 Å². The number of rotatable bonds is 9. The molecule has 1 saturated heterocycles. The first kappa shape index (κ1) is 20.3. The van der Waals surface area contributed by atoms with Crippen molar-refractivity contribution >= 4 is 17.8 Å². The number of hydrogen-bond donors (Lipinski definition) is 2. The lowest BCUT2D eigenvalue weighted by Gasteiger charge is -2.13. The molecule has 8 heteroatoms. The fourth-order valence-corrected chi connectivity index (χ4v) is 3.10. The minimum Gasteiger partial charge on any atom is -0.497 e. The van der Waals surface area contributed by atoms with Crippen molar-refractivity contribution in [3.8, 4) is 5.75 Å². The van der Waals surface area contributed by atoms with E-state index in [2.05, 4.69) is 15.6 Å². The number of carbonyl (C=O) groups is 3. The molecule has 0 saturated carbocycles. The number of ether oxygens (including phenoxy) is 1. The Balaban J connectivity index is 1.43. The average Bonchev–Trinajstić information content (AvgIpc) is 3.01. The van der Waals surface area contributed by atoms with Crippen molar-refractivity contribution < 1.29 is 19.1 Å². The highest BCUT2D eigenvalue weighted by molar-refractivity contribution is 6.04. The lowest BCUT2D eigenvalue weighted by atomic mass is 10.1. The summed E-state index contributed by atoms with van der Waals surface area (Å²) in [6.45, 7) is 0.695. The van der Waals surface area contributed by atoms with Gasteiger partial charge in [-0.1, -0.05) is 12.1 Å². The van der Waals surface area contributed by atoms with Crippen LogP contribution < -0.4 is 15.4 Å². The van der Waals surface area contributed by atoms with Gasteiger partial charge in [-0.25, -0.2) is 4.79 Å². The van der Waals surface area contributed by atoms with E-state index in [1.165, 1.54) is 4.90 Å². The number of hydrogen-bond acceptors (Lipinski definition) is 5. The van der Waals surface area contributed by atoms with Gasteiger partial charge in [0.05, 0.1) is 13.7 Å². The molecule has 2 N–H and O–H groups in total. The summed E-state index contributed by atoms with van der Waals surface area (Å²) in [5, 5.41) is 5.49. The van der Waals surface area contributed by atoms with E-state index in [1.54, 1.807) is 31.6 Å². The van der Waals surface area contributed by atoms with Crippen LogP contribution >= 0.6 is 0 Å². The molecule has 1 fully saturated rings. The molecule has 4 amide bonds. The van der Waals surface area contributed by atoms with Gasteiger partial charge in [-0.15, -0.1) is 0 Å². The molecular formula is C21H24N4O4. The van der Waals surface area contributed by atoms with Gasteiger partial charge in [-0.3, -0.25) is 19.5 Å². The summed E-state index contributed by atoms with van der Waals surface area (Å²) in [6.07, 6.45) is 4.57. The maximum absolute atomic E-state index is 12.5. The standard InChI is InChI=1S/C21H24N4O4/c1-29-17-4-2-16(3-5-17)14-25-20(27)18(24-21(25)28)6-7-19(26)23-13-10-15-8-11-22-12-9-15/h2-5,8-9,11-12,18H,6-7,10,13-14H2,1H3,(H,23,26)(H,24,28)/t18-/m0/s1. The lowest BCUT2D eigenvalue weighted by molar-refractivity contribution is -0.128. The molecule has 152 valence electrons. The molecule has 0 radical (unpaired) electrons. The highest BCUT2D eigenvalue weighted by Crippen LogP contribution is 2.17. The third-order valence-corrected chi connectivity index (χ3v) is 4.75. The molecular weight excluding hydrogens is 372 g/mol. The molecule has 8 nitrogen and oxygen atoms in total. The van der Waals surface area contributed by atoms with Crippen LogP contribution in [0.2, 0.25) is 0 Å². The molecule has 0 unspecified atom stereocenters. The minimum atomic E-state index is -0.674. The molecule has 0 bridgehead atoms. The summed E-state index contributed by atoms with van der Waals surface area (Å²) in [4.78, 5) is 41.9. The first-order valence-electron chi connectivity index (χ1n) is 9.47. The van der Waals surface area contributed by atoms with Crippen molar-refractivity contribution in [1.29, 1.82) is 0 Å². The number of amides is 4. The normalized spacial score (nSPS) is 15.9. The number of benzene rings is 1. The molecule has 29 heavy (non-hydrogen) atoms. The fourth-order valence-electron chi connectivity index (χ4n) is 3.10. The van der Waals surface area contributed by atoms with Crippen molar-refractivity contribution in [3.05, 3.63) is 59.9 Å². The number of urea groups is 1. The van der Waals surface area contributed by atoms with Crippen molar-refractivity contribution in [2.75, 3.05) is 13.7 Å². The first-order valence-corrected chi connectivity index (χ1v) is 9.47. The second-order valence-corrected chi connectivity index (χ2v) is 6.77. The quantitative estimate of drug-likeness (QED) is 0.628. The van der Waals surface area contributed by atoms with Crippen LogP contribution in [0.1, 0.15) is 24.0 Å². The lowest BCUT2D eigenvalue weighted by Crippen LogP contribution is -2.33. The van der Waals surface area contributed by atoms with Crippen LogP contribution in [0.5, 0.6) is 5.75 Å². The van der Waals surface area contributed by atoms with E-state index >= 15 is 0 Å². The van der Waals surface area contributed by atoms with Crippen LogP contribution in [-0.4, -0.2) is 47.4 Å². The third kappa shape index (κ3) is 5.54. The van der Waals surface area contributed by atoms with E-state index in [0.717, 1.165) is 11.1 Å². The average molecular weight is 396 g/mol. The van der Waals surface area contributed by atoms with Crippen LogP contribution in [0.4, 0.5) is 4.79 Å². The van der Waals surface area contributed by atoms with Gasteiger partial charge >= 0.3 is 6.03 Å². The van der Waals surface area contributed by atoms with Gasteiger partial charge in [0, 0.05) is 25.4 Å². The Kier molecular flexibility index (Phi) is 6.78. The smallest absolute Gasteiger partial charge is 0.325 e. The maximum Gasteiger partial charge on any atom is 0.325 e. The zero-order valence-electron chi connectivity index (χ0n) is 16.3. The van der Waals surface area contributed by atoms with Crippen molar-refractivity contribution in [2.24, 2.45) is 0 Å². The molecule has 0 spiro atoms. The van der Waals surface area contributed by atoms with Gasteiger partial charge in [0.15, 0.2) is 0 Å². The maximum atomic E-state index is 12.5. The zero-order valence-corrected chi connectivity index (χ0v) is 16.3. The second-order valence-electron chi connectivity index (χ2n) is 6.77. The fraction of sp³-hybridized carbons (Fsp3) is 0.333. The molecule has 2 aromatic rings. The minimum absolute atomic E-state index is 0.144. The molecule has 1 atom stereocenters. The monoisotopic (exact) mass is 396 g/mol. The van der Waals surface area contributed by atoms with Crippen LogP contribution in [0.3, 0.4) is 0 Å². The Labute approximate surface area is 169 Å². The van der Waals surface area contributed by atoms with Gasteiger partial charge in [-0.05, 0) is 48.2 Å². The van der Waals surface area contributed by atoms with Crippen LogP contribution in [0.15, 0.2) is 48.8 Å². The number of carbonyl (C=O) groups excluding carboxylic acids is 3. The molecule has 3 rings (SSSR count). The SMILES string of the molecule is COc1ccc(CN2C(=O)N[C@@H](CCC(=O)NCCc3ccncc3)C2=O)cc1. The first-order chi connectivity index (χ1) is 14.1. The Morgan fingerprint density at radius 3 is 2.55 bits per heavy atom. The molecule has 1 aliphatic heterocycles. The topological polar surface area (TPSA) is 101 Å². The molecule has 1 aromatic carbocycles. The van der Waals surface area contributed by atoms with Crippen LogP contribution in [0.25, 0.3) is 0 Å². The molecule has 2 heterocycles. The van der Waals surface area contributed by atoms with E-state index in [-0.39, 0.29) is 31.2 Å². The Morgan fingerprint density at radius 1 is 1.14 bits per heavy atom. The molecule has 1 aliphatic rings. The number of nitrogens with one attached hydrogen (secondary N) is 2. The number of nitrogens with zero attached hydrogens (tertiary/aromatic N) is 2. The Hall–Kier alpha value is -3.42. The van der Waals surface area contributed by atoms with Crippen molar-refractivity contribution in [3.63, 3.8) is 0 Å². The van der Waals surface area contributed by atoms with Gasteiger partial charge < -0.3 is 15.4 Å². The summed E-state index contributed by atoms with van der Waals surface area (Å²) in [7, 11) is 1.58. The van der Waals surface area contributed by atoms with Crippen LogP contribution in [-0.2, 0) is 22.6 Å². The highest BCUT2D eigenvalue weighted by Gasteiger charge is 2.37. The second kappa shape index (κ2) is 9.68. The predicted octanol–water partition coefficient (Wildman–Crippen LogP) is 1.65. The predicted molar refractivity (Wildman–Crippen MR) is 106 cm³/mol. The Morgan fingerprint density at radius 2 is 1.86 bits per heavy atom. The van der Waals surface area contributed by atoms with E-state index in [0.29, 0.717) is 18.7 Å². The van der Waals surface area contributed by atoms with Gasteiger partial charge in [0.25, 0.3) is 5.91 Å². The van der Waals surface area contributed by atoms with Gasteiger partial charge in [0.1, 0.15) is 11.8 Å². The van der Waals surface area contributed by atoms with E-state index in [9.17, 15) is 14.4 Å². The zero-order chi connectivity index (χ0) is 20.6. The number of methoxy groups -OCH3 is 1. The highest BCUT2D eigenvalue weighted by atomic mass is 16.5. The van der Waals surface area contributed by atoms with Crippen LogP contribution in [0, 0.1) is 0 Å².